The van der Waals surface area contributed by atoms with E-state index in [0.29, 0.717) is 51.5 Å². The van der Waals surface area contributed by atoms with Gasteiger partial charge in [-0.25, -0.2) is 9.59 Å². The molecule has 0 spiro atoms. The second-order valence-corrected chi connectivity index (χ2v) is 10.3. The lowest BCUT2D eigenvalue weighted by Crippen LogP contribution is -2.48. The Kier molecular flexibility index (Phi) is 16.3. The highest BCUT2D eigenvalue weighted by Gasteiger charge is 2.27. The summed E-state index contributed by atoms with van der Waals surface area (Å²) in [6.45, 7) is 15.2. The summed E-state index contributed by atoms with van der Waals surface area (Å²) < 4.78 is 21.6. The van der Waals surface area contributed by atoms with E-state index < -0.39 is 29.4 Å². The van der Waals surface area contributed by atoms with E-state index in [4.69, 9.17) is 18.9 Å². The molecule has 35 heavy (non-hydrogen) atoms. The average Bonchev–Trinajstić information content (AvgIpc) is 2.79. The maximum atomic E-state index is 12.5. The minimum absolute atomic E-state index is 0.0186. The molecule has 0 bridgehead atoms. The fourth-order valence-corrected chi connectivity index (χ4v) is 2.64. The normalized spacial score (nSPS) is 12.7. The van der Waals surface area contributed by atoms with E-state index in [1.165, 1.54) is 0 Å². The molecule has 3 N–H and O–H groups in total. The van der Waals surface area contributed by atoms with Crippen LogP contribution in [0.25, 0.3) is 0 Å². The third kappa shape index (κ3) is 17.9. The smallest absolute Gasteiger partial charge is 0.407 e. The number of rotatable bonds is 18. The van der Waals surface area contributed by atoms with Crippen molar-refractivity contribution in [3.05, 3.63) is 0 Å². The Morgan fingerprint density at radius 1 is 0.829 bits per heavy atom. The summed E-state index contributed by atoms with van der Waals surface area (Å²) in [4.78, 5) is 36.6. The zero-order chi connectivity index (χ0) is 26.9. The largest absolute Gasteiger partial charge is 0.450 e. The molecule has 0 aliphatic heterocycles. The maximum absolute atomic E-state index is 12.5. The lowest BCUT2D eigenvalue weighted by Gasteiger charge is -2.30. The van der Waals surface area contributed by atoms with Crippen molar-refractivity contribution in [3.8, 4) is 0 Å². The molecule has 0 heterocycles. The molecule has 1 unspecified atom stereocenters. The van der Waals surface area contributed by atoms with Crippen LogP contribution < -0.4 is 16.0 Å². The van der Waals surface area contributed by atoms with Gasteiger partial charge in [0, 0.05) is 20.2 Å². The van der Waals surface area contributed by atoms with Crippen LogP contribution in [0.1, 0.15) is 80.6 Å². The first kappa shape index (κ1) is 32.9. The Bertz CT molecular complexity index is 624. The number of hydrogen-bond acceptors (Lipinski definition) is 7. The summed E-state index contributed by atoms with van der Waals surface area (Å²) in [5.41, 5.74) is -1.18. The number of carbonyl (C=O) groups is 3. The van der Waals surface area contributed by atoms with Gasteiger partial charge in [0.25, 0.3) is 0 Å². The SMILES string of the molecule is CCCNC(=O)C(CCCCNC(=O)OCCC(C)C)NC(=O)OCC(C)(C)OCC(C)(C)OC. The van der Waals surface area contributed by atoms with Crippen LogP contribution in [0.3, 0.4) is 0 Å². The molecule has 0 rings (SSSR count). The number of unbranched alkanes of at least 4 members (excludes halogenated alkanes) is 1. The fourth-order valence-electron chi connectivity index (χ4n) is 2.64. The van der Waals surface area contributed by atoms with Gasteiger partial charge in [0.05, 0.1) is 24.4 Å². The van der Waals surface area contributed by atoms with Gasteiger partial charge in [0.2, 0.25) is 5.91 Å². The molecule has 0 fully saturated rings. The Morgan fingerprint density at radius 2 is 1.51 bits per heavy atom. The Labute approximate surface area is 211 Å². The molecule has 0 aromatic heterocycles. The highest BCUT2D eigenvalue weighted by Crippen LogP contribution is 2.16. The van der Waals surface area contributed by atoms with Gasteiger partial charge >= 0.3 is 12.2 Å². The van der Waals surface area contributed by atoms with E-state index in [0.717, 1.165) is 12.8 Å². The Hall–Kier alpha value is -2.07. The molecule has 0 radical (unpaired) electrons. The Morgan fingerprint density at radius 3 is 2.11 bits per heavy atom. The van der Waals surface area contributed by atoms with Crippen LogP contribution in [0, 0.1) is 5.92 Å². The first-order valence-corrected chi connectivity index (χ1v) is 12.6. The van der Waals surface area contributed by atoms with E-state index in [9.17, 15) is 14.4 Å². The number of nitrogens with one attached hydrogen (secondary N) is 3. The monoisotopic (exact) mass is 503 g/mol. The zero-order valence-corrected chi connectivity index (χ0v) is 23.1. The van der Waals surface area contributed by atoms with Crippen LogP contribution in [-0.2, 0) is 23.7 Å². The molecule has 10 nitrogen and oxygen atoms in total. The predicted molar refractivity (Wildman–Crippen MR) is 135 cm³/mol. The van der Waals surface area contributed by atoms with Crippen molar-refractivity contribution in [1.82, 2.24) is 16.0 Å². The zero-order valence-electron chi connectivity index (χ0n) is 23.1. The van der Waals surface area contributed by atoms with E-state index in [2.05, 4.69) is 29.8 Å². The van der Waals surface area contributed by atoms with Crippen LogP contribution in [0.5, 0.6) is 0 Å². The van der Waals surface area contributed by atoms with Crippen molar-refractivity contribution in [2.75, 3.05) is 40.0 Å². The molecule has 0 aromatic carbocycles. The van der Waals surface area contributed by atoms with Gasteiger partial charge < -0.3 is 34.9 Å². The van der Waals surface area contributed by atoms with Crippen LogP contribution in [0.4, 0.5) is 9.59 Å². The van der Waals surface area contributed by atoms with Gasteiger partial charge in [0.15, 0.2) is 0 Å². The standard InChI is InChI=1S/C25H49N3O7/c1-9-14-26-21(29)20(12-10-11-15-27-22(30)33-16-13-19(2)3)28-23(31)34-17-25(6,7)35-18-24(4,5)32-8/h19-20H,9-18H2,1-8H3,(H,26,29)(H,27,30)(H,28,31). The molecule has 10 heteroatoms. The third-order valence-corrected chi connectivity index (χ3v) is 5.19. The van der Waals surface area contributed by atoms with Crippen molar-refractivity contribution < 1.29 is 33.3 Å². The van der Waals surface area contributed by atoms with Crippen molar-refractivity contribution in [2.24, 2.45) is 5.92 Å². The van der Waals surface area contributed by atoms with Crippen molar-refractivity contribution >= 4 is 18.1 Å². The minimum Gasteiger partial charge on any atom is -0.450 e. The highest BCUT2D eigenvalue weighted by molar-refractivity contribution is 5.85. The first-order chi connectivity index (χ1) is 16.3. The summed E-state index contributed by atoms with van der Waals surface area (Å²) >= 11 is 0. The molecule has 0 saturated carbocycles. The van der Waals surface area contributed by atoms with Gasteiger partial charge in [-0.2, -0.15) is 0 Å². The minimum atomic E-state index is -0.733. The molecule has 0 aromatic rings. The summed E-state index contributed by atoms with van der Waals surface area (Å²) in [6, 6.07) is -0.733. The summed E-state index contributed by atoms with van der Waals surface area (Å²) in [5.74, 6) is 0.210. The van der Waals surface area contributed by atoms with Crippen molar-refractivity contribution in [2.45, 2.75) is 97.8 Å². The van der Waals surface area contributed by atoms with Gasteiger partial charge in [-0.05, 0) is 65.7 Å². The van der Waals surface area contributed by atoms with Crippen molar-refractivity contribution in [1.29, 1.82) is 0 Å². The van der Waals surface area contributed by atoms with Crippen LogP contribution in [0.2, 0.25) is 0 Å². The number of ether oxygens (including phenoxy) is 4. The summed E-state index contributed by atoms with van der Waals surface area (Å²) in [5, 5.41) is 8.16. The van der Waals surface area contributed by atoms with E-state index in [1.807, 2.05) is 34.6 Å². The number of amides is 3. The van der Waals surface area contributed by atoms with E-state index >= 15 is 0 Å². The number of carbonyl (C=O) groups excluding carboxylic acids is 3. The first-order valence-electron chi connectivity index (χ1n) is 12.6. The Balaban J connectivity index is 4.53. The lowest BCUT2D eigenvalue weighted by molar-refractivity contribution is -0.124. The molecule has 0 aliphatic rings. The topological polar surface area (TPSA) is 124 Å². The number of alkyl carbamates (subject to hydrolysis) is 2. The molecule has 0 saturated heterocycles. The summed E-state index contributed by atoms with van der Waals surface area (Å²) in [7, 11) is 1.61. The fraction of sp³-hybridized carbons (Fsp3) is 0.880. The average molecular weight is 504 g/mol. The third-order valence-electron chi connectivity index (χ3n) is 5.19. The number of methoxy groups -OCH3 is 1. The number of hydrogen-bond donors (Lipinski definition) is 3. The lowest BCUT2D eigenvalue weighted by atomic mass is 10.1. The molecule has 0 aliphatic carbocycles. The van der Waals surface area contributed by atoms with Gasteiger partial charge in [-0.3, -0.25) is 4.79 Å². The second-order valence-electron chi connectivity index (χ2n) is 10.3. The molecule has 206 valence electrons. The molecule has 3 amide bonds. The van der Waals surface area contributed by atoms with Gasteiger partial charge in [-0.1, -0.05) is 20.8 Å². The molecular formula is C25H49N3O7. The van der Waals surface area contributed by atoms with E-state index in [1.54, 1.807) is 7.11 Å². The molecule has 1 atom stereocenters. The van der Waals surface area contributed by atoms with Gasteiger partial charge in [-0.15, -0.1) is 0 Å². The quantitative estimate of drug-likeness (QED) is 0.243. The van der Waals surface area contributed by atoms with Gasteiger partial charge in [0.1, 0.15) is 12.6 Å². The molecular weight excluding hydrogens is 454 g/mol. The van der Waals surface area contributed by atoms with Crippen LogP contribution >= 0.6 is 0 Å². The predicted octanol–water partition coefficient (Wildman–Crippen LogP) is 3.77. The van der Waals surface area contributed by atoms with E-state index in [-0.39, 0.29) is 12.5 Å². The van der Waals surface area contributed by atoms with Crippen LogP contribution in [-0.4, -0.2) is 75.4 Å². The van der Waals surface area contributed by atoms with Crippen LogP contribution in [0.15, 0.2) is 0 Å². The highest BCUT2D eigenvalue weighted by atomic mass is 16.6. The van der Waals surface area contributed by atoms with Crippen molar-refractivity contribution in [3.63, 3.8) is 0 Å². The summed E-state index contributed by atoms with van der Waals surface area (Å²) in [6.07, 6.45) is 2.16. The second kappa shape index (κ2) is 17.4. The maximum Gasteiger partial charge on any atom is 0.407 e.